The Morgan fingerprint density at radius 2 is 1.97 bits per heavy atom. The molecule has 29 heavy (non-hydrogen) atoms. The Kier molecular flexibility index (Phi) is 5.12. The van der Waals surface area contributed by atoms with Gasteiger partial charge in [0.05, 0.1) is 12.7 Å². The van der Waals surface area contributed by atoms with Crippen molar-refractivity contribution in [2.24, 2.45) is 0 Å². The molecule has 1 amide bonds. The molecule has 0 spiro atoms. The standard InChI is InChI=1S/C22H21NO6/c1-3-14-4-6-17-15(11-26-19(17)8-14)9-21(24)29-13(2)22(25)23-16-5-7-18-20(10-16)28-12-27-18/h4-8,10-11,13H,3,9,12H2,1-2H3,(H,23,25)/t13-/m1/s1. The molecular formula is C22H21NO6. The van der Waals surface area contributed by atoms with Crippen molar-refractivity contribution < 1.29 is 28.2 Å². The Morgan fingerprint density at radius 3 is 2.79 bits per heavy atom. The number of ether oxygens (including phenoxy) is 3. The van der Waals surface area contributed by atoms with E-state index in [0.717, 1.165) is 28.5 Å². The molecule has 1 aliphatic heterocycles. The lowest BCUT2D eigenvalue weighted by Gasteiger charge is -2.13. The van der Waals surface area contributed by atoms with Gasteiger partial charge in [0.25, 0.3) is 5.91 Å². The molecule has 2 heterocycles. The van der Waals surface area contributed by atoms with E-state index in [1.807, 2.05) is 18.2 Å². The van der Waals surface area contributed by atoms with E-state index in [4.69, 9.17) is 18.6 Å². The largest absolute Gasteiger partial charge is 0.464 e. The minimum atomic E-state index is -0.946. The molecule has 1 N–H and O–H groups in total. The van der Waals surface area contributed by atoms with Crippen LogP contribution >= 0.6 is 0 Å². The van der Waals surface area contributed by atoms with E-state index in [2.05, 4.69) is 12.2 Å². The van der Waals surface area contributed by atoms with Gasteiger partial charge in [0.15, 0.2) is 17.6 Å². The van der Waals surface area contributed by atoms with Crippen molar-refractivity contribution in [2.75, 3.05) is 12.1 Å². The van der Waals surface area contributed by atoms with Crippen molar-refractivity contribution in [3.63, 3.8) is 0 Å². The highest BCUT2D eigenvalue weighted by Crippen LogP contribution is 2.34. The number of nitrogens with one attached hydrogen (secondary N) is 1. The van der Waals surface area contributed by atoms with Crippen LogP contribution in [-0.4, -0.2) is 24.8 Å². The summed E-state index contributed by atoms with van der Waals surface area (Å²) in [4.78, 5) is 24.7. The average Bonchev–Trinajstić information content (AvgIpc) is 3.34. The van der Waals surface area contributed by atoms with Crippen LogP contribution in [0, 0.1) is 0 Å². The number of hydrogen-bond acceptors (Lipinski definition) is 6. The van der Waals surface area contributed by atoms with Crippen molar-refractivity contribution in [3.8, 4) is 11.5 Å². The average molecular weight is 395 g/mol. The molecule has 1 aliphatic rings. The zero-order chi connectivity index (χ0) is 20.4. The first-order valence-electron chi connectivity index (χ1n) is 9.42. The fourth-order valence-corrected chi connectivity index (χ4v) is 3.15. The third kappa shape index (κ3) is 4.03. The third-order valence-electron chi connectivity index (χ3n) is 4.78. The van der Waals surface area contributed by atoms with Crippen molar-refractivity contribution in [1.29, 1.82) is 0 Å². The lowest BCUT2D eigenvalue weighted by atomic mass is 10.1. The molecule has 0 radical (unpaired) electrons. The number of carbonyl (C=O) groups is 2. The Morgan fingerprint density at radius 1 is 1.14 bits per heavy atom. The van der Waals surface area contributed by atoms with Crippen LogP contribution in [0.4, 0.5) is 5.69 Å². The molecule has 1 aromatic heterocycles. The van der Waals surface area contributed by atoms with E-state index in [1.54, 1.807) is 24.5 Å². The maximum atomic E-state index is 12.4. The highest BCUT2D eigenvalue weighted by molar-refractivity contribution is 5.95. The molecule has 2 aromatic carbocycles. The number of benzene rings is 2. The molecule has 3 aromatic rings. The van der Waals surface area contributed by atoms with Crippen LogP contribution in [-0.2, 0) is 27.2 Å². The molecular weight excluding hydrogens is 374 g/mol. The van der Waals surface area contributed by atoms with Gasteiger partial charge in [-0.3, -0.25) is 9.59 Å². The highest BCUT2D eigenvalue weighted by atomic mass is 16.7. The summed E-state index contributed by atoms with van der Waals surface area (Å²) in [6, 6.07) is 11.0. The van der Waals surface area contributed by atoms with Crippen LogP contribution < -0.4 is 14.8 Å². The highest BCUT2D eigenvalue weighted by Gasteiger charge is 2.21. The van der Waals surface area contributed by atoms with Gasteiger partial charge in [0, 0.05) is 22.7 Å². The van der Waals surface area contributed by atoms with E-state index < -0.39 is 18.0 Å². The Bertz CT molecular complexity index is 1070. The summed E-state index contributed by atoms with van der Waals surface area (Å²) in [5.74, 6) is 0.258. The van der Waals surface area contributed by atoms with E-state index in [9.17, 15) is 9.59 Å². The number of carbonyl (C=O) groups excluding carboxylic acids is 2. The van der Waals surface area contributed by atoms with Gasteiger partial charge >= 0.3 is 5.97 Å². The maximum Gasteiger partial charge on any atom is 0.311 e. The van der Waals surface area contributed by atoms with E-state index >= 15 is 0 Å². The number of aryl methyl sites for hydroxylation is 1. The van der Waals surface area contributed by atoms with Crippen LogP contribution in [0.3, 0.4) is 0 Å². The quantitative estimate of drug-likeness (QED) is 0.638. The molecule has 0 fully saturated rings. The zero-order valence-electron chi connectivity index (χ0n) is 16.2. The van der Waals surface area contributed by atoms with Gasteiger partial charge in [0.2, 0.25) is 6.79 Å². The fourth-order valence-electron chi connectivity index (χ4n) is 3.15. The van der Waals surface area contributed by atoms with Gasteiger partial charge in [-0.15, -0.1) is 0 Å². The lowest BCUT2D eigenvalue weighted by molar-refractivity contribution is -0.152. The topological polar surface area (TPSA) is 87.0 Å². The molecule has 1 atom stereocenters. The Hall–Kier alpha value is -3.48. The normalized spacial score (nSPS) is 13.3. The fraction of sp³-hybridized carbons (Fsp3) is 0.273. The van der Waals surface area contributed by atoms with E-state index in [0.29, 0.717) is 17.2 Å². The molecule has 4 rings (SSSR count). The summed E-state index contributed by atoms with van der Waals surface area (Å²) in [5, 5.41) is 3.58. The molecule has 7 heteroatoms. The second-order valence-corrected chi connectivity index (χ2v) is 6.81. The first kappa shape index (κ1) is 18.9. The first-order chi connectivity index (χ1) is 14.0. The molecule has 150 valence electrons. The van der Waals surface area contributed by atoms with Gasteiger partial charge in [-0.2, -0.15) is 0 Å². The van der Waals surface area contributed by atoms with Gasteiger partial charge < -0.3 is 23.9 Å². The molecule has 0 saturated carbocycles. The van der Waals surface area contributed by atoms with Crippen LogP contribution in [0.1, 0.15) is 25.0 Å². The van der Waals surface area contributed by atoms with Gasteiger partial charge in [-0.1, -0.05) is 19.1 Å². The summed E-state index contributed by atoms with van der Waals surface area (Å²) in [5.41, 5.74) is 3.17. The number of anilines is 1. The number of furan rings is 1. The summed E-state index contributed by atoms with van der Waals surface area (Å²) in [6.07, 6.45) is 1.55. The number of amides is 1. The minimum Gasteiger partial charge on any atom is -0.464 e. The van der Waals surface area contributed by atoms with Crippen LogP contribution in [0.15, 0.2) is 47.1 Å². The predicted octanol–water partition coefficient (Wildman–Crippen LogP) is 3.84. The van der Waals surface area contributed by atoms with Crippen molar-refractivity contribution in [2.45, 2.75) is 32.8 Å². The first-order valence-corrected chi connectivity index (χ1v) is 9.42. The predicted molar refractivity (Wildman–Crippen MR) is 106 cm³/mol. The van der Waals surface area contributed by atoms with E-state index in [1.165, 1.54) is 6.92 Å². The molecule has 0 unspecified atom stereocenters. The lowest BCUT2D eigenvalue weighted by Crippen LogP contribution is -2.30. The Labute approximate surface area is 167 Å². The maximum absolute atomic E-state index is 12.4. The second kappa shape index (κ2) is 7.87. The number of esters is 1. The summed E-state index contributed by atoms with van der Waals surface area (Å²) >= 11 is 0. The van der Waals surface area contributed by atoms with Crippen LogP contribution in [0.5, 0.6) is 11.5 Å². The SMILES string of the molecule is CCc1ccc2c(CC(=O)O[C@H](C)C(=O)Nc3ccc4c(c3)OCO4)coc2c1. The molecule has 0 saturated heterocycles. The van der Waals surface area contributed by atoms with E-state index in [-0.39, 0.29) is 13.2 Å². The number of hydrogen-bond donors (Lipinski definition) is 1. The Balaban J connectivity index is 1.36. The van der Waals surface area contributed by atoms with Crippen molar-refractivity contribution in [1.82, 2.24) is 0 Å². The number of rotatable bonds is 6. The van der Waals surface area contributed by atoms with Crippen molar-refractivity contribution >= 4 is 28.5 Å². The summed E-state index contributed by atoms with van der Waals surface area (Å²) in [6.45, 7) is 3.75. The smallest absolute Gasteiger partial charge is 0.311 e. The number of fused-ring (bicyclic) bond motifs is 2. The van der Waals surface area contributed by atoms with Gasteiger partial charge in [-0.25, -0.2) is 0 Å². The third-order valence-corrected chi connectivity index (χ3v) is 4.78. The van der Waals surface area contributed by atoms with Crippen LogP contribution in [0.2, 0.25) is 0 Å². The van der Waals surface area contributed by atoms with Gasteiger partial charge in [-0.05, 0) is 37.1 Å². The molecule has 0 aliphatic carbocycles. The zero-order valence-corrected chi connectivity index (χ0v) is 16.2. The van der Waals surface area contributed by atoms with Gasteiger partial charge in [0.1, 0.15) is 5.58 Å². The van der Waals surface area contributed by atoms with Crippen LogP contribution in [0.25, 0.3) is 11.0 Å². The summed E-state index contributed by atoms with van der Waals surface area (Å²) < 4.78 is 21.4. The summed E-state index contributed by atoms with van der Waals surface area (Å²) in [7, 11) is 0. The monoisotopic (exact) mass is 395 g/mol. The molecule has 7 nitrogen and oxygen atoms in total. The van der Waals surface area contributed by atoms with Crippen molar-refractivity contribution in [3.05, 3.63) is 53.8 Å². The minimum absolute atomic E-state index is 0.0279. The second-order valence-electron chi connectivity index (χ2n) is 6.81. The molecule has 0 bridgehead atoms.